The number of rotatable bonds is 1. The Balaban J connectivity index is 1.95. The van der Waals surface area contributed by atoms with Gasteiger partial charge in [0, 0.05) is 0 Å². The van der Waals surface area contributed by atoms with Crippen LogP contribution in [0.5, 0.6) is 5.75 Å². The maximum Gasteiger partial charge on any atom is 0.121 e. The Kier molecular flexibility index (Phi) is 2.24. The molecule has 2 fully saturated rings. The number of fused-ring (bicyclic) bond motifs is 2. The molecule has 0 aliphatic heterocycles. The van der Waals surface area contributed by atoms with Crippen molar-refractivity contribution in [2.45, 2.75) is 45.4 Å². The van der Waals surface area contributed by atoms with Crippen LogP contribution in [0.25, 0.3) is 0 Å². The quantitative estimate of drug-likeness (QED) is 0.754. The molecule has 0 amide bonds. The zero-order chi connectivity index (χ0) is 11.3. The van der Waals surface area contributed by atoms with Crippen molar-refractivity contribution >= 4 is 0 Å². The van der Waals surface area contributed by atoms with Crippen LogP contribution in [0.3, 0.4) is 0 Å². The van der Waals surface area contributed by atoms with Crippen LogP contribution in [-0.2, 0) is 0 Å². The molecule has 0 saturated heterocycles. The summed E-state index contributed by atoms with van der Waals surface area (Å²) in [5.41, 5.74) is 3.55. The zero-order valence-corrected chi connectivity index (χ0v) is 10.2. The molecule has 0 heterocycles. The monoisotopic (exact) mass is 216 g/mol. The van der Waals surface area contributed by atoms with Gasteiger partial charge in [0.15, 0.2) is 0 Å². The molecule has 2 aliphatic rings. The summed E-state index contributed by atoms with van der Waals surface area (Å²) in [4.78, 5) is 0. The average molecular weight is 216 g/mol. The predicted octanol–water partition coefficient (Wildman–Crippen LogP) is 3.91. The van der Waals surface area contributed by atoms with Gasteiger partial charge in [-0.15, -0.1) is 0 Å². The summed E-state index contributed by atoms with van der Waals surface area (Å²) >= 11 is 0. The first-order valence-corrected chi connectivity index (χ1v) is 6.45. The normalized spacial score (nSPS) is 32.2. The molecule has 1 aromatic rings. The summed E-state index contributed by atoms with van der Waals surface area (Å²) in [6.07, 6.45) is 5.71. The van der Waals surface area contributed by atoms with Gasteiger partial charge < -0.3 is 5.11 Å². The van der Waals surface area contributed by atoms with E-state index in [1.165, 1.54) is 31.2 Å². The Morgan fingerprint density at radius 1 is 1.06 bits per heavy atom. The highest BCUT2D eigenvalue weighted by Gasteiger charge is 2.40. The lowest BCUT2D eigenvalue weighted by molar-refractivity contribution is 0.418. The van der Waals surface area contributed by atoms with Crippen LogP contribution in [-0.4, -0.2) is 5.11 Å². The fourth-order valence-corrected chi connectivity index (χ4v) is 3.86. The molecule has 1 aromatic carbocycles. The highest BCUT2D eigenvalue weighted by Crippen LogP contribution is 2.53. The van der Waals surface area contributed by atoms with E-state index < -0.39 is 0 Å². The number of hydrogen-bond acceptors (Lipinski definition) is 1. The van der Waals surface area contributed by atoms with Gasteiger partial charge in [0.1, 0.15) is 5.75 Å². The maximum atomic E-state index is 9.81. The molecule has 86 valence electrons. The van der Waals surface area contributed by atoms with E-state index in [0.29, 0.717) is 5.75 Å². The van der Waals surface area contributed by atoms with Crippen LogP contribution >= 0.6 is 0 Å². The molecule has 3 atom stereocenters. The first-order chi connectivity index (χ1) is 7.65. The lowest BCUT2D eigenvalue weighted by atomic mass is 9.82. The fourth-order valence-electron chi connectivity index (χ4n) is 3.86. The molecule has 1 heteroatoms. The SMILES string of the molecule is Cc1cc([C@H]2C[C@@H]3CC[C@H]2C3)cc(C)c1O. The molecular weight excluding hydrogens is 196 g/mol. The highest BCUT2D eigenvalue weighted by molar-refractivity contribution is 5.43. The van der Waals surface area contributed by atoms with Crippen LogP contribution in [0.2, 0.25) is 0 Å². The smallest absolute Gasteiger partial charge is 0.121 e. The van der Waals surface area contributed by atoms with Gasteiger partial charge in [-0.25, -0.2) is 0 Å². The van der Waals surface area contributed by atoms with E-state index in [2.05, 4.69) is 12.1 Å². The summed E-state index contributed by atoms with van der Waals surface area (Å²) < 4.78 is 0. The molecule has 1 N–H and O–H groups in total. The first kappa shape index (κ1) is 10.2. The van der Waals surface area contributed by atoms with Crippen LogP contribution < -0.4 is 0 Å². The molecule has 3 rings (SSSR count). The summed E-state index contributed by atoms with van der Waals surface area (Å²) in [6, 6.07) is 4.40. The maximum absolute atomic E-state index is 9.81. The summed E-state index contributed by atoms with van der Waals surface area (Å²) in [6.45, 7) is 4.03. The standard InChI is InChI=1S/C15H20O/c1-9-5-13(6-10(2)15(9)16)14-8-11-3-4-12(14)7-11/h5-6,11-12,14,16H,3-4,7-8H2,1-2H3/t11-,12+,14+/m1/s1. The van der Waals surface area contributed by atoms with Gasteiger partial charge in [-0.2, -0.15) is 0 Å². The largest absolute Gasteiger partial charge is 0.507 e. The Bertz CT molecular complexity index is 398. The number of phenolic OH excluding ortho intramolecular Hbond substituents is 1. The molecule has 0 radical (unpaired) electrons. The minimum absolute atomic E-state index is 0.479. The average Bonchev–Trinajstić information content (AvgIpc) is 2.86. The summed E-state index contributed by atoms with van der Waals surface area (Å²) in [5, 5.41) is 9.81. The van der Waals surface area contributed by atoms with Crippen molar-refractivity contribution in [1.82, 2.24) is 0 Å². The molecule has 1 nitrogen and oxygen atoms in total. The summed E-state index contributed by atoms with van der Waals surface area (Å²) in [7, 11) is 0. The topological polar surface area (TPSA) is 20.2 Å². The Morgan fingerprint density at radius 3 is 2.25 bits per heavy atom. The highest BCUT2D eigenvalue weighted by atomic mass is 16.3. The zero-order valence-electron chi connectivity index (χ0n) is 10.2. The van der Waals surface area contributed by atoms with Gasteiger partial charge in [0.2, 0.25) is 0 Å². The van der Waals surface area contributed by atoms with Crippen molar-refractivity contribution in [1.29, 1.82) is 0 Å². The molecule has 2 bridgehead atoms. The van der Waals surface area contributed by atoms with Crippen molar-refractivity contribution in [3.8, 4) is 5.75 Å². The van der Waals surface area contributed by atoms with E-state index in [0.717, 1.165) is 28.9 Å². The van der Waals surface area contributed by atoms with Crippen molar-refractivity contribution in [2.75, 3.05) is 0 Å². The number of aryl methyl sites for hydroxylation is 2. The molecular formula is C15H20O. The fraction of sp³-hybridized carbons (Fsp3) is 0.600. The second-order valence-electron chi connectivity index (χ2n) is 5.78. The van der Waals surface area contributed by atoms with E-state index in [-0.39, 0.29) is 0 Å². The van der Waals surface area contributed by atoms with Crippen molar-refractivity contribution in [2.24, 2.45) is 11.8 Å². The van der Waals surface area contributed by atoms with E-state index in [1.807, 2.05) is 13.8 Å². The van der Waals surface area contributed by atoms with Crippen molar-refractivity contribution < 1.29 is 5.11 Å². The third-order valence-corrected chi connectivity index (χ3v) is 4.68. The Hall–Kier alpha value is -0.980. The van der Waals surface area contributed by atoms with Crippen LogP contribution in [0.15, 0.2) is 12.1 Å². The van der Waals surface area contributed by atoms with Crippen LogP contribution in [0.1, 0.15) is 48.3 Å². The van der Waals surface area contributed by atoms with Crippen molar-refractivity contribution in [3.63, 3.8) is 0 Å². The molecule has 2 aliphatic carbocycles. The van der Waals surface area contributed by atoms with Crippen LogP contribution in [0, 0.1) is 25.7 Å². The first-order valence-electron chi connectivity index (χ1n) is 6.45. The molecule has 2 saturated carbocycles. The van der Waals surface area contributed by atoms with Gasteiger partial charge in [0.05, 0.1) is 0 Å². The number of benzene rings is 1. The second kappa shape index (κ2) is 3.51. The van der Waals surface area contributed by atoms with E-state index in [1.54, 1.807) is 0 Å². The van der Waals surface area contributed by atoms with Gasteiger partial charge in [-0.3, -0.25) is 0 Å². The van der Waals surface area contributed by atoms with E-state index in [4.69, 9.17) is 0 Å². The molecule has 0 unspecified atom stereocenters. The molecule has 16 heavy (non-hydrogen) atoms. The van der Waals surface area contributed by atoms with E-state index in [9.17, 15) is 5.11 Å². The predicted molar refractivity (Wildman–Crippen MR) is 65.8 cm³/mol. The van der Waals surface area contributed by atoms with Gasteiger partial charge in [-0.05, 0) is 67.6 Å². The van der Waals surface area contributed by atoms with E-state index >= 15 is 0 Å². The molecule has 0 aromatic heterocycles. The lowest BCUT2D eigenvalue weighted by Crippen LogP contribution is -2.08. The number of phenols is 1. The van der Waals surface area contributed by atoms with Gasteiger partial charge in [-0.1, -0.05) is 18.6 Å². The number of aromatic hydroxyl groups is 1. The van der Waals surface area contributed by atoms with Gasteiger partial charge in [0.25, 0.3) is 0 Å². The summed E-state index contributed by atoms with van der Waals surface area (Å²) in [5.74, 6) is 3.17. The minimum Gasteiger partial charge on any atom is -0.507 e. The Morgan fingerprint density at radius 2 is 1.75 bits per heavy atom. The van der Waals surface area contributed by atoms with Crippen molar-refractivity contribution in [3.05, 3.63) is 28.8 Å². The number of hydrogen-bond donors (Lipinski definition) is 1. The van der Waals surface area contributed by atoms with Crippen LogP contribution in [0.4, 0.5) is 0 Å². The minimum atomic E-state index is 0.479. The second-order valence-corrected chi connectivity index (χ2v) is 5.78. The third-order valence-electron chi connectivity index (χ3n) is 4.68. The Labute approximate surface area is 97.5 Å². The van der Waals surface area contributed by atoms with Gasteiger partial charge >= 0.3 is 0 Å². The lowest BCUT2D eigenvalue weighted by Gasteiger charge is -2.23. The molecule has 0 spiro atoms. The third kappa shape index (κ3) is 1.45.